The molecule has 0 saturated carbocycles. The Morgan fingerprint density at radius 1 is 1.07 bits per heavy atom. The van der Waals surface area contributed by atoms with Crippen LogP contribution in [-0.4, -0.2) is 37.0 Å². The molecule has 3 aromatic rings. The van der Waals surface area contributed by atoms with Crippen molar-refractivity contribution in [3.05, 3.63) is 72.1 Å². The highest BCUT2D eigenvalue weighted by Gasteiger charge is 2.16. The van der Waals surface area contributed by atoms with Crippen LogP contribution in [-0.2, 0) is 21.2 Å². The zero-order chi connectivity index (χ0) is 20.9. The van der Waals surface area contributed by atoms with Crippen molar-refractivity contribution in [2.75, 3.05) is 12.9 Å². The minimum Gasteiger partial charge on any atom is -0.497 e. The molecule has 0 spiro atoms. The molecule has 0 aliphatic heterocycles. The number of benzene rings is 2. The standard InChI is InChI=1S/C21H23N3O4S/c1-16-3-9-20(10-4-16)29(26,27)14-12-21(25)22-15-17-11-13-24(23-17)18-5-7-19(28-2)8-6-18/h3-11,13H,12,14-15H2,1-2H3,(H,22,25). The van der Waals surface area contributed by atoms with Gasteiger partial charge in [0.25, 0.3) is 0 Å². The predicted molar refractivity (Wildman–Crippen MR) is 110 cm³/mol. The third kappa shape index (κ3) is 5.45. The molecular weight excluding hydrogens is 390 g/mol. The Hall–Kier alpha value is -3.13. The van der Waals surface area contributed by atoms with Crippen LogP contribution in [0, 0.1) is 6.92 Å². The monoisotopic (exact) mass is 413 g/mol. The maximum atomic E-state index is 12.3. The molecule has 0 atom stereocenters. The lowest BCUT2D eigenvalue weighted by atomic mass is 10.2. The summed E-state index contributed by atoms with van der Waals surface area (Å²) in [6.07, 6.45) is 1.69. The predicted octanol–water partition coefficient (Wildman–Crippen LogP) is 2.67. The molecule has 152 valence electrons. The first kappa shape index (κ1) is 20.6. The summed E-state index contributed by atoms with van der Waals surface area (Å²) >= 11 is 0. The van der Waals surface area contributed by atoms with Gasteiger partial charge in [-0.3, -0.25) is 4.79 Å². The van der Waals surface area contributed by atoms with Crippen LogP contribution < -0.4 is 10.1 Å². The second-order valence-corrected chi connectivity index (χ2v) is 8.72. The number of sulfone groups is 1. The van der Waals surface area contributed by atoms with E-state index in [-0.39, 0.29) is 29.5 Å². The van der Waals surface area contributed by atoms with Crippen LogP contribution in [0.5, 0.6) is 5.75 Å². The van der Waals surface area contributed by atoms with Gasteiger partial charge in [-0.15, -0.1) is 0 Å². The second-order valence-electron chi connectivity index (χ2n) is 6.61. The fraction of sp³-hybridized carbons (Fsp3) is 0.238. The molecule has 1 aromatic heterocycles. The van der Waals surface area contributed by atoms with Gasteiger partial charge in [-0.2, -0.15) is 5.10 Å². The topological polar surface area (TPSA) is 90.3 Å². The molecule has 0 bridgehead atoms. The van der Waals surface area contributed by atoms with E-state index in [4.69, 9.17) is 4.74 Å². The number of aromatic nitrogens is 2. The van der Waals surface area contributed by atoms with Gasteiger partial charge in [-0.1, -0.05) is 17.7 Å². The molecule has 3 rings (SSSR count). The molecule has 0 radical (unpaired) electrons. The van der Waals surface area contributed by atoms with E-state index in [1.807, 2.05) is 31.2 Å². The van der Waals surface area contributed by atoms with Gasteiger partial charge in [-0.05, 0) is 49.4 Å². The average Bonchev–Trinajstić information content (AvgIpc) is 3.20. The Morgan fingerprint density at radius 3 is 2.41 bits per heavy atom. The molecule has 1 heterocycles. The summed E-state index contributed by atoms with van der Waals surface area (Å²) < 4.78 is 31.5. The Bertz CT molecular complexity index is 1070. The van der Waals surface area contributed by atoms with Crippen molar-refractivity contribution in [1.29, 1.82) is 0 Å². The zero-order valence-corrected chi connectivity index (χ0v) is 17.1. The molecular formula is C21H23N3O4S. The molecule has 0 fully saturated rings. The molecule has 0 aliphatic rings. The van der Waals surface area contributed by atoms with Crippen molar-refractivity contribution in [1.82, 2.24) is 15.1 Å². The van der Waals surface area contributed by atoms with Crippen LogP contribution in [0.4, 0.5) is 0 Å². The van der Waals surface area contributed by atoms with Gasteiger partial charge in [0, 0.05) is 12.6 Å². The molecule has 7 nitrogen and oxygen atoms in total. The molecule has 1 N–H and O–H groups in total. The molecule has 8 heteroatoms. The van der Waals surface area contributed by atoms with Crippen LogP contribution >= 0.6 is 0 Å². The van der Waals surface area contributed by atoms with Crippen molar-refractivity contribution in [2.24, 2.45) is 0 Å². The zero-order valence-electron chi connectivity index (χ0n) is 16.3. The lowest BCUT2D eigenvalue weighted by molar-refractivity contribution is -0.120. The van der Waals surface area contributed by atoms with E-state index in [0.29, 0.717) is 5.69 Å². The molecule has 1 amide bonds. The number of rotatable bonds is 8. The number of hydrogen-bond donors (Lipinski definition) is 1. The second kappa shape index (κ2) is 8.91. The van der Waals surface area contributed by atoms with Gasteiger partial charge in [0.15, 0.2) is 9.84 Å². The molecule has 0 saturated heterocycles. The Morgan fingerprint density at radius 2 is 1.76 bits per heavy atom. The summed E-state index contributed by atoms with van der Waals surface area (Å²) in [6.45, 7) is 2.12. The van der Waals surface area contributed by atoms with Gasteiger partial charge in [0.05, 0.1) is 35.7 Å². The van der Waals surface area contributed by atoms with Crippen molar-refractivity contribution in [3.63, 3.8) is 0 Å². The highest BCUT2D eigenvalue weighted by Crippen LogP contribution is 2.15. The van der Waals surface area contributed by atoms with Gasteiger partial charge < -0.3 is 10.1 Å². The summed E-state index contributed by atoms with van der Waals surface area (Å²) in [5.41, 5.74) is 2.53. The van der Waals surface area contributed by atoms with Crippen LogP contribution in [0.3, 0.4) is 0 Å². The maximum Gasteiger partial charge on any atom is 0.221 e. The van der Waals surface area contributed by atoms with E-state index < -0.39 is 9.84 Å². The minimum absolute atomic E-state index is 0.102. The summed E-state index contributed by atoms with van der Waals surface area (Å²) in [4.78, 5) is 12.3. The summed E-state index contributed by atoms with van der Waals surface area (Å²) in [5.74, 6) is 0.191. The average molecular weight is 413 g/mol. The van der Waals surface area contributed by atoms with E-state index in [9.17, 15) is 13.2 Å². The number of ether oxygens (including phenoxy) is 1. The van der Waals surface area contributed by atoms with Gasteiger partial charge in [-0.25, -0.2) is 13.1 Å². The number of nitrogens with one attached hydrogen (secondary N) is 1. The quantitative estimate of drug-likeness (QED) is 0.613. The summed E-state index contributed by atoms with van der Waals surface area (Å²) in [6, 6.07) is 15.8. The number of hydrogen-bond acceptors (Lipinski definition) is 5. The van der Waals surface area contributed by atoms with E-state index in [1.54, 1.807) is 48.3 Å². The number of amides is 1. The maximum absolute atomic E-state index is 12.3. The lowest BCUT2D eigenvalue weighted by Gasteiger charge is -2.06. The fourth-order valence-corrected chi connectivity index (χ4v) is 3.94. The number of nitrogens with zero attached hydrogens (tertiary/aromatic N) is 2. The lowest BCUT2D eigenvalue weighted by Crippen LogP contribution is -2.25. The number of carbonyl (C=O) groups is 1. The van der Waals surface area contributed by atoms with Crippen molar-refractivity contribution in [3.8, 4) is 11.4 Å². The van der Waals surface area contributed by atoms with E-state index >= 15 is 0 Å². The third-order valence-electron chi connectivity index (χ3n) is 4.43. The Balaban J connectivity index is 1.52. The van der Waals surface area contributed by atoms with Crippen molar-refractivity contribution >= 4 is 15.7 Å². The highest BCUT2D eigenvalue weighted by atomic mass is 32.2. The van der Waals surface area contributed by atoms with Gasteiger partial charge in [0.2, 0.25) is 5.91 Å². The molecule has 29 heavy (non-hydrogen) atoms. The molecule has 0 unspecified atom stereocenters. The van der Waals surface area contributed by atoms with E-state index in [1.165, 1.54) is 0 Å². The fourth-order valence-electron chi connectivity index (χ4n) is 2.70. The minimum atomic E-state index is -3.48. The summed E-state index contributed by atoms with van der Waals surface area (Å²) in [7, 11) is -1.88. The van der Waals surface area contributed by atoms with Crippen molar-refractivity contribution in [2.45, 2.75) is 24.8 Å². The first-order chi connectivity index (χ1) is 13.9. The van der Waals surface area contributed by atoms with Crippen LogP contribution in [0.1, 0.15) is 17.7 Å². The highest BCUT2D eigenvalue weighted by molar-refractivity contribution is 7.91. The third-order valence-corrected chi connectivity index (χ3v) is 6.16. The van der Waals surface area contributed by atoms with E-state index in [0.717, 1.165) is 17.0 Å². The van der Waals surface area contributed by atoms with Gasteiger partial charge >= 0.3 is 0 Å². The largest absolute Gasteiger partial charge is 0.497 e. The van der Waals surface area contributed by atoms with E-state index in [2.05, 4.69) is 10.4 Å². The number of carbonyl (C=O) groups excluding carboxylic acids is 1. The molecule has 2 aromatic carbocycles. The Kier molecular flexibility index (Phi) is 6.33. The number of methoxy groups -OCH3 is 1. The van der Waals surface area contributed by atoms with Crippen LogP contribution in [0.15, 0.2) is 65.7 Å². The SMILES string of the molecule is COc1ccc(-n2ccc(CNC(=O)CCS(=O)(=O)c3ccc(C)cc3)n2)cc1. The van der Waals surface area contributed by atoms with Crippen LogP contribution in [0.2, 0.25) is 0 Å². The number of aryl methyl sites for hydroxylation is 1. The first-order valence-corrected chi connectivity index (χ1v) is 10.8. The first-order valence-electron chi connectivity index (χ1n) is 9.12. The van der Waals surface area contributed by atoms with Crippen molar-refractivity contribution < 1.29 is 17.9 Å². The normalized spacial score (nSPS) is 11.2. The van der Waals surface area contributed by atoms with Gasteiger partial charge in [0.1, 0.15) is 5.75 Å². The van der Waals surface area contributed by atoms with Crippen LogP contribution in [0.25, 0.3) is 5.69 Å². The molecule has 0 aliphatic carbocycles. The Labute approximate surface area is 170 Å². The summed E-state index contributed by atoms with van der Waals surface area (Å²) in [5, 5.41) is 7.13. The smallest absolute Gasteiger partial charge is 0.221 e.